The van der Waals surface area contributed by atoms with Gasteiger partial charge in [-0.3, -0.25) is 0 Å². The Morgan fingerprint density at radius 1 is 1.42 bits per heavy atom. The minimum absolute atomic E-state index is 0.0866. The van der Waals surface area contributed by atoms with Crippen LogP contribution in [-0.2, 0) is 11.0 Å². The molecule has 2 rings (SSSR count). The molecule has 0 spiro atoms. The number of hydrogen-bond acceptors (Lipinski definition) is 3. The highest BCUT2D eigenvalue weighted by Crippen LogP contribution is 2.45. The van der Waals surface area contributed by atoms with E-state index in [1.807, 2.05) is 18.7 Å². The van der Waals surface area contributed by atoms with Crippen molar-refractivity contribution in [2.75, 3.05) is 18.1 Å². The van der Waals surface area contributed by atoms with Crippen LogP contribution in [0.2, 0.25) is 0 Å². The fourth-order valence-corrected chi connectivity index (χ4v) is 2.65. The fourth-order valence-electron chi connectivity index (χ4n) is 2.65. The van der Waals surface area contributed by atoms with E-state index >= 15 is 0 Å². The van der Waals surface area contributed by atoms with Crippen LogP contribution in [0.4, 0.5) is 18.9 Å². The van der Waals surface area contributed by atoms with Crippen LogP contribution >= 0.6 is 0 Å². The van der Waals surface area contributed by atoms with E-state index in [9.17, 15) is 13.2 Å². The molecule has 1 atom stereocenters. The molecule has 2 N–H and O–H groups in total. The first-order chi connectivity index (χ1) is 8.86. The van der Waals surface area contributed by atoms with Crippen LogP contribution in [0.15, 0.2) is 18.2 Å². The molecular formula is C13H17F3N2O. The van der Waals surface area contributed by atoms with Crippen LogP contribution in [0.1, 0.15) is 30.9 Å². The average molecular weight is 274 g/mol. The van der Waals surface area contributed by atoms with E-state index in [2.05, 4.69) is 4.84 Å². The van der Waals surface area contributed by atoms with Gasteiger partial charge in [-0.2, -0.15) is 13.2 Å². The lowest BCUT2D eigenvalue weighted by Gasteiger charge is -2.24. The molecule has 19 heavy (non-hydrogen) atoms. The van der Waals surface area contributed by atoms with Crippen LogP contribution in [-0.4, -0.2) is 19.2 Å². The maximum Gasteiger partial charge on any atom is 0.416 e. The quantitative estimate of drug-likeness (QED) is 0.861. The Labute approximate surface area is 110 Å². The summed E-state index contributed by atoms with van der Waals surface area (Å²) in [5.41, 5.74) is 0.344. The summed E-state index contributed by atoms with van der Waals surface area (Å²) in [7, 11) is 0. The van der Waals surface area contributed by atoms with Gasteiger partial charge in [0.2, 0.25) is 0 Å². The van der Waals surface area contributed by atoms with Gasteiger partial charge in [0, 0.05) is 24.2 Å². The van der Waals surface area contributed by atoms with Gasteiger partial charge in [-0.1, -0.05) is 6.07 Å². The molecule has 0 fully saturated rings. The fraction of sp³-hybridized carbons (Fsp3) is 0.538. The van der Waals surface area contributed by atoms with Gasteiger partial charge in [0.15, 0.2) is 0 Å². The largest absolute Gasteiger partial charge is 0.416 e. The third-order valence-electron chi connectivity index (χ3n) is 3.44. The number of nitrogens with two attached hydrogens (primary N) is 1. The maximum absolute atomic E-state index is 13.1. The molecule has 0 saturated carbocycles. The van der Waals surface area contributed by atoms with Crippen LogP contribution in [0.25, 0.3) is 0 Å². The lowest BCUT2D eigenvalue weighted by Crippen LogP contribution is -2.30. The highest BCUT2D eigenvalue weighted by Gasteiger charge is 2.41. The average Bonchev–Trinajstić information content (AvgIpc) is 2.67. The van der Waals surface area contributed by atoms with E-state index in [0.29, 0.717) is 17.8 Å². The molecule has 0 saturated heterocycles. The molecule has 1 aliphatic rings. The summed E-state index contributed by atoms with van der Waals surface area (Å²) < 4.78 is 39.3. The molecule has 1 aromatic rings. The van der Waals surface area contributed by atoms with Crippen molar-refractivity contribution in [3.8, 4) is 0 Å². The summed E-state index contributed by atoms with van der Waals surface area (Å²) in [5.74, 6) is 4.70. The summed E-state index contributed by atoms with van der Waals surface area (Å²) in [5, 5.41) is 0. The topological polar surface area (TPSA) is 38.5 Å². The second-order valence-corrected chi connectivity index (χ2v) is 5.01. The number of alkyl halides is 3. The van der Waals surface area contributed by atoms with E-state index in [0.717, 1.165) is 6.07 Å². The zero-order valence-electron chi connectivity index (χ0n) is 10.9. The Bertz CT molecular complexity index is 460. The standard InChI is InChI=1S/C13H17F3N2O/c1-8(2)18-6-9(7-19-17)12-10(13(14,15)16)4-3-5-11(12)18/h3-5,8-9H,6-7,17H2,1-2H3. The molecule has 1 aromatic carbocycles. The number of hydrogen-bond donors (Lipinski definition) is 1. The van der Waals surface area contributed by atoms with Crippen LogP contribution in [0, 0.1) is 0 Å². The normalized spacial score (nSPS) is 19.1. The molecule has 0 aromatic heterocycles. The van der Waals surface area contributed by atoms with Gasteiger partial charge >= 0.3 is 6.18 Å². The Balaban J connectivity index is 2.53. The van der Waals surface area contributed by atoms with Gasteiger partial charge in [0.05, 0.1) is 12.2 Å². The zero-order chi connectivity index (χ0) is 14.2. The highest BCUT2D eigenvalue weighted by molar-refractivity contribution is 5.64. The molecule has 106 valence electrons. The van der Waals surface area contributed by atoms with Crippen molar-refractivity contribution in [2.45, 2.75) is 32.0 Å². The number of rotatable bonds is 3. The third-order valence-corrected chi connectivity index (χ3v) is 3.44. The molecule has 1 unspecified atom stereocenters. The highest BCUT2D eigenvalue weighted by atomic mass is 19.4. The molecule has 0 radical (unpaired) electrons. The Kier molecular flexibility index (Phi) is 3.73. The SMILES string of the molecule is CC(C)N1CC(CON)c2c1cccc2C(F)(F)F. The number of nitrogens with zero attached hydrogens (tertiary/aromatic N) is 1. The van der Waals surface area contributed by atoms with E-state index in [4.69, 9.17) is 5.90 Å². The van der Waals surface area contributed by atoms with Crippen molar-refractivity contribution in [3.05, 3.63) is 29.3 Å². The van der Waals surface area contributed by atoms with E-state index in [1.54, 1.807) is 6.07 Å². The summed E-state index contributed by atoms with van der Waals surface area (Å²) in [6, 6.07) is 4.42. The number of anilines is 1. The van der Waals surface area contributed by atoms with Gasteiger partial charge in [-0.25, -0.2) is 5.90 Å². The van der Waals surface area contributed by atoms with Crippen LogP contribution in [0.3, 0.4) is 0 Å². The lowest BCUT2D eigenvalue weighted by molar-refractivity contribution is -0.138. The molecule has 3 nitrogen and oxygen atoms in total. The minimum atomic E-state index is -4.36. The second-order valence-electron chi connectivity index (χ2n) is 5.01. The first-order valence-corrected chi connectivity index (χ1v) is 6.14. The molecule has 0 amide bonds. The van der Waals surface area contributed by atoms with E-state index in [-0.39, 0.29) is 18.6 Å². The first kappa shape index (κ1) is 14.1. The second kappa shape index (κ2) is 5.02. The summed E-state index contributed by atoms with van der Waals surface area (Å²) in [6.45, 7) is 4.49. The van der Waals surface area contributed by atoms with Gasteiger partial charge in [-0.15, -0.1) is 0 Å². The predicted molar refractivity (Wildman–Crippen MR) is 66.8 cm³/mol. The van der Waals surface area contributed by atoms with Gasteiger partial charge < -0.3 is 9.74 Å². The van der Waals surface area contributed by atoms with Crippen molar-refractivity contribution in [1.82, 2.24) is 0 Å². The molecule has 6 heteroatoms. The summed E-state index contributed by atoms with van der Waals surface area (Å²) >= 11 is 0. The summed E-state index contributed by atoms with van der Waals surface area (Å²) in [6.07, 6.45) is -4.36. The van der Waals surface area contributed by atoms with Gasteiger partial charge in [0.1, 0.15) is 0 Å². The Morgan fingerprint density at radius 3 is 2.63 bits per heavy atom. The number of benzene rings is 1. The summed E-state index contributed by atoms with van der Waals surface area (Å²) in [4.78, 5) is 6.54. The first-order valence-electron chi connectivity index (χ1n) is 6.14. The Morgan fingerprint density at radius 2 is 2.11 bits per heavy atom. The van der Waals surface area contributed by atoms with Crippen molar-refractivity contribution < 1.29 is 18.0 Å². The third kappa shape index (κ3) is 2.55. The van der Waals surface area contributed by atoms with Crippen molar-refractivity contribution >= 4 is 5.69 Å². The van der Waals surface area contributed by atoms with E-state index in [1.165, 1.54) is 6.07 Å². The number of halogens is 3. The molecular weight excluding hydrogens is 257 g/mol. The molecule has 1 heterocycles. The van der Waals surface area contributed by atoms with Gasteiger partial charge in [-0.05, 0) is 31.5 Å². The smallest absolute Gasteiger partial charge is 0.368 e. The van der Waals surface area contributed by atoms with Crippen LogP contribution < -0.4 is 10.8 Å². The monoisotopic (exact) mass is 274 g/mol. The maximum atomic E-state index is 13.1. The molecule has 0 bridgehead atoms. The van der Waals surface area contributed by atoms with E-state index < -0.39 is 11.7 Å². The van der Waals surface area contributed by atoms with Crippen molar-refractivity contribution in [3.63, 3.8) is 0 Å². The van der Waals surface area contributed by atoms with Gasteiger partial charge in [0.25, 0.3) is 0 Å². The van der Waals surface area contributed by atoms with Crippen molar-refractivity contribution in [1.29, 1.82) is 0 Å². The lowest BCUT2D eigenvalue weighted by atomic mass is 9.96. The zero-order valence-corrected chi connectivity index (χ0v) is 10.9. The predicted octanol–water partition coefficient (Wildman–Crippen LogP) is 2.91. The minimum Gasteiger partial charge on any atom is -0.368 e. The van der Waals surface area contributed by atoms with Crippen molar-refractivity contribution in [2.24, 2.45) is 5.90 Å². The number of fused-ring (bicyclic) bond motifs is 1. The van der Waals surface area contributed by atoms with Crippen LogP contribution in [0.5, 0.6) is 0 Å². The molecule has 1 aliphatic heterocycles. The molecule has 0 aliphatic carbocycles. The Hall–Kier alpha value is -1.27.